The number of amides is 3. The van der Waals surface area contributed by atoms with E-state index in [0.717, 1.165) is 8.66 Å². The van der Waals surface area contributed by atoms with Crippen molar-refractivity contribution in [3.63, 3.8) is 0 Å². The highest BCUT2D eigenvalue weighted by atomic mass is 79.9. The largest absolute Gasteiger partial charge is 0.454 e. The first-order valence-corrected chi connectivity index (χ1v) is 9.61. The van der Waals surface area contributed by atoms with Crippen molar-refractivity contribution in [2.75, 3.05) is 25.2 Å². The minimum absolute atomic E-state index is 0.139. The van der Waals surface area contributed by atoms with E-state index < -0.39 is 6.03 Å². The van der Waals surface area contributed by atoms with Gasteiger partial charge in [-0.2, -0.15) is 0 Å². The molecule has 0 fully saturated rings. The van der Waals surface area contributed by atoms with Crippen LogP contribution in [0.4, 0.5) is 10.5 Å². The third-order valence-electron chi connectivity index (χ3n) is 3.71. The molecule has 138 valence electrons. The Morgan fingerprint density at radius 3 is 2.77 bits per heavy atom. The molecule has 3 amide bonds. The van der Waals surface area contributed by atoms with Crippen molar-refractivity contribution in [3.8, 4) is 11.5 Å². The average molecular weight is 440 g/mol. The number of thiophene rings is 1. The van der Waals surface area contributed by atoms with Gasteiger partial charge < -0.3 is 14.8 Å². The van der Waals surface area contributed by atoms with Crippen LogP contribution in [0.3, 0.4) is 0 Å². The zero-order chi connectivity index (χ0) is 18.5. The predicted octanol–water partition coefficient (Wildman–Crippen LogP) is 3.41. The highest BCUT2D eigenvalue weighted by molar-refractivity contribution is 9.11. The zero-order valence-corrected chi connectivity index (χ0v) is 16.5. The van der Waals surface area contributed by atoms with Gasteiger partial charge in [0.25, 0.3) is 0 Å². The summed E-state index contributed by atoms with van der Waals surface area (Å²) < 4.78 is 11.5. The Balaban J connectivity index is 1.49. The Morgan fingerprint density at radius 1 is 1.23 bits per heavy atom. The molecular formula is C17H18BrN3O4S. The number of fused-ring (bicyclic) bond motifs is 1. The number of urea groups is 1. The Morgan fingerprint density at radius 2 is 2.04 bits per heavy atom. The zero-order valence-electron chi connectivity index (χ0n) is 14.1. The van der Waals surface area contributed by atoms with Gasteiger partial charge in [-0.15, -0.1) is 11.3 Å². The van der Waals surface area contributed by atoms with E-state index in [9.17, 15) is 9.59 Å². The average Bonchev–Trinajstić information content (AvgIpc) is 3.22. The van der Waals surface area contributed by atoms with Gasteiger partial charge in [-0.05, 0) is 46.7 Å². The molecule has 1 aliphatic heterocycles. The summed E-state index contributed by atoms with van der Waals surface area (Å²) in [4.78, 5) is 27.3. The molecule has 3 rings (SSSR count). The first-order chi connectivity index (χ1) is 12.5. The smallest absolute Gasteiger partial charge is 0.325 e. The molecule has 0 atom stereocenters. The number of benzene rings is 1. The third kappa shape index (κ3) is 4.96. The van der Waals surface area contributed by atoms with Crippen LogP contribution in [0.1, 0.15) is 11.8 Å². The molecule has 2 heterocycles. The van der Waals surface area contributed by atoms with Crippen molar-refractivity contribution in [3.05, 3.63) is 39.0 Å². The molecule has 7 nitrogen and oxygen atoms in total. The second kappa shape index (κ2) is 8.52. The number of rotatable bonds is 6. The van der Waals surface area contributed by atoms with Crippen molar-refractivity contribution >= 4 is 44.9 Å². The number of carbonyl (C=O) groups excluding carboxylic acids is 2. The molecule has 0 aliphatic carbocycles. The van der Waals surface area contributed by atoms with Gasteiger partial charge in [0.15, 0.2) is 11.5 Å². The SMILES string of the molecule is CCN(CC(=O)NC(=O)Nc1ccc2c(c1)OCO2)Cc1ccc(Br)s1. The molecule has 2 N–H and O–H groups in total. The minimum atomic E-state index is -0.580. The van der Waals surface area contributed by atoms with Crippen LogP contribution in [0, 0.1) is 0 Å². The van der Waals surface area contributed by atoms with Crippen LogP contribution >= 0.6 is 27.3 Å². The van der Waals surface area contributed by atoms with E-state index in [4.69, 9.17) is 9.47 Å². The van der Waals surface area contributed by atoms with Crippen molar-refractivity contribution in [2.45, 2.75) is 13.5 Å². The molecular weight excluding hydrogens is 422 g/mol. The summed E-state index contributed by atoms with van der Waals surface area (Å²) in [5.74, 6) is 0.833. The Bertz CT molecular complexity index is 811. The Hall–Kier alpha value is -2.10. The highest BCUT2D eigenvalue weighted by Crippen LogP contribution is 2.34. The number of nitrogens with one attached hydrogen (secondary N) is 2. The fourth-order valence-corrected chi connectivity index (χ4v) is 3.97. The van der Waals surface area contributed by atoms with Crippen LogP contribution in [-0.2, 0) is 11.3 Å². The lowest BCUT2D eigenvalue weighted by atomic mass is 10.3. The molecule has 0 bridgehead atoms. The van der Waals surface area contributed by atoms with E-state index >= 15 is 0 Å². The summed E-state index contributed by atoms with van der Waals surface area (Å²) in [5, 5.41) is 4.96. The van der Waals surface area contributed by atoms with Crippen molar-refractivity contribution in [1.82, 2.24) is 10.2 Å². The van der Waals surface area contributed by atoms with Gasteiger partial charge in [-0.1, -0.05) is 6.92 Å². The maximum Gasteiger partial charge on any atom is 0.325 e. The topological polar surface area (TPSA) is 79.9 Å². The summed E-state index contributed by atoms with van der Waals surface area (Å²) in [6.07, 6.45) is 0. The van der Waals surface area contributed by atoms with Crippen LogP contribution in [0.5, 0.6) is 11.5 Å². The van der Waals surface area contributed by atoms with Gasteiger partial charge in [0, 0.05) is 23.2 Å². The molecule has 1 aliphatic rings. The first-order valence-electron chi connectivity index (χ1n) is 8.00. The van der Waals surface area contributed by atoms with Crippen LogP contribution < -0.4 is 20.1 Å². The van der Waals surface area contributed by atoms with E-state index in [0.29, 0.717) is 30.3 Å². The summed E-state index contributed by atoms with van der Waals surface area (Å²) in [7, 11) is 0. The van der Waals surface area contributed by atoms with Crippen LogP contribution in [0.2, 0.25) is 0 Å². The summed E-state index contributed by atoms with van der Waals surface area (Å²) in [6, 6.07) is 8.46. The third-order valence-corrected chi connectivity index (χ3v) is 5.31. The van der Waals surface area contributed by atoms with E-state index in [1.54, 1.807) is 29.5 Å². The second-order valence-electron chi connectivity index (χ2n) is 5.58. The molecule has 0 unspecified atom stereocenters. The van der Waals surface area contributed by atoms with E-state index in [1.807, 2.05) is 24.0 Å². The van der Waals surface area contributed by atoms with Gasteiger partial charge >= 0.3 is 6.03 Å². The lowest BCUT2D eigenvalue weighted by molar-refractivity contribution is -0.121. The fourth-order valence-electron chi connectivity index (χ4n) is 2.44. The van der Waals surface area contributed by atoms with E-state index in [2.05, 4.69) is 26.6 Å². The number of ether oxygens (including phenoxy) is 2. The van der Waals surface area contributed by atoms with Crippen LogP contribution in [0.25, 0.3) is 0 Å². The molecule has 26 heavy (non-hydrogen) atoms. The van der Waals surface area contributed by atoms with E-state index in [1.165, 1.54) is 0 Å². The van der Waals surface area contributed by atoms with E-state index in [-0.39, 0.29) is 19.2 Å². The number of halogens is 1. The molecule has 1 aromatic heterocycles. The number of anilines is 1. The summed E-state index contributed by atoms with van der Waals surface area (Å²) in [5.41, 5.74) is 0.523. The predicted molar refractivity (Wildman–Crippen MR) is 103 cm³/mol. The molecule has 1 aromatic carbocycles. The maximum absolute atomic E-state index is 12.1. The number of hydrogen-bond donors (Lipinski definition) is 2. The standard InChI is InChI=1S/C17H18BrN3O4S/c1-2-21(8-12-4-6-15(18)26-12)9-16(22)20-17(23)19-11-3-5-13-14(7-11)25-10-24-13/h3-7H,2,8-10H2,1H3,(H2,19,20,22,23). The molecule has 0 saturated heterocycles. The first kappa shape index (κ1) is 18.7. The monoisotopic (exact) mass is 439 g/mol. The van der Waals surface area contributed by atoms with Crippen molar-refractivity contribution < 1.29 is 19.1 Å². The van der Waals surface area contributed by atoms with Crippen molar-refractivity contribution in [1.29, 1.82) is 0 Å². The number of carbonyl (C=O) groups is 2. The molecule has 0 saturated carbocycles. The highest BCUT2D eigenvalue weighted by Gasteiger charge is 2.16. The van der Waals surface area contributed by atoms with Gasteiger partial charge in [-0.3, -0.25) is 15.0 Å². The van der Waals surface area contributed by atoms with Crippen LogP contribution in [0.15, 0.2) is 34.1 Å². The molecule has 0 radical (unpaired) electrons. The minimum Gasteiger partial charge on any atom is -0.454 e. The molecule has 0 spiro atoms. The van der Waals surface area contributed by atoms with Gasteiger partial charge in [0.05, 0.1) is 10.3 Å². The maximum atomic E-state index is 12.1. The lowest BCUT2D eigenvalue weighted by Gasteiger charge is -2.18. The van der Waals surface area contributed by atoms with Crippen LogP contribution in [-0.4, -0.2) is 36.7 Å². The normalized spacial score (nSPS) is 12.3. The Kier molecular flexibility index (Phi) is 6.12. The van der Waals surface area contributed by atoms with Crippen molar-refractivity contribution in [2.24, 2.45) is 0 Å². The quantitative estimate of drug-likeness (QED) is 0.720. The van der Waals surface area contributed by atoms with Gasteiger partial charge in [0.1, 0.15) is 0 Å². The van der Waals surface area contributed by atoms with Gasteiger partial charge in [-0.25, -0.2) is 4.79 Å². The summed E-state index contributed by atoms with van der Waals surface area (Å²) in [6.45, 7) is 3.64. The number of hydrogen-bond acceptors (Lipinski definition) is 6. The Labute approximate surface area is 163 Å². The van der Waals surface area contributed by atoms with Gasteiger partial charge in [0.2, 0.25) is 12.7 Å². The lowest BCUT2D eigenvalue weighted by Crippen LogP contribution is -2.41. The number of nitrogens with zero attached hydrogens (tertiary/aromatic N) is 1. The number of likely N-dealkylation sites (N-methyl/N-ethyl adjacent to an activating group) is 1. The fraction of sp³-hybridized carbons (Fsp3) is 0.294. The molecule has 2 aromatic rings. The molecule has 9 heteroatoms. The number of imide groups is 1. The summed E-state index contributed by atoms with van der Waals surface area (Å²) >= 11 is 5.05. The second-order valence-corrected chi connectivity index (χ2v) is 8.13.